The van der Waals surface area contributed by atoms with Crippen LogP contribution in [-0.4, -0.2) is 36.5 Å². The summed E-state index contributed by atoms with van der Waals surface area (Å²) in [5.74, 6) is -0.883. The number of rotatable bonds is 6. The van der Waals surface area contributed by atoms with E-state index in [0.29, 0.717) is 0 Å². The molecule has 1 amide bonds. The van der Waals surface area contributed by atoms with Crippen LogP contribution in [0.2, 0.25) is 10.0 Å². The van der Waals surface area contributed by atoms with E-state index in [2.05, 4.69) is 6.58 Å². The first-order valence-electron chi connectivity index (χ1n) is 6.01. The average molecular weight is 316 g/mol. The van der Waals surface area contributed by atoms with E-state index < -0.39 is 11.9 Å². The summed E-state index contributed by atoms with van der Waals surface area (Å²) in [4.78, 5) is 25.2. The number of amides is 1. The van der Waals surface area contributed by atoms with Gasteiger partial charge in [0.1, 0.15) is 6.54 Å². The summed E-state index contributed by atoms with van der Waals surface area (Å²) in [6, 6.07) is 4.76. The molecule has 0 aliphatic rings. The van der Waals surface area contributed by atoms with E-state index in [1.807, 2.05) is 0 Å². The van der Waals surface area contributed by atoms with Crippen LogP contribution in [0.3, 0.4) is 0 Å². The predicted molar refractivity (Wildman–Crippen MR) is 79.2 cm³/mol. The molecule has 20 heavy (non-hydrogen) atoms. The number of ether oxygens (including phenoxy) is 1. The fraction of sp³-hybridized carbons (Fsp3) is 0.286. The molecule has 4 nitrogen and oxygen atoms in total. The average Bonchev–Trinajstić information content (AvgIpc) is 2.41. The Morgan fingerprint density at radius 3 is 2.70 bits per heavy atom. The SMILES string of the molecule is C=CCN(CC(=O)OCC)C(=O)c1cccc(Cl)c1Cl. The lowest BCUT2D eigenvalue weighted by Gasteiger charge is -2.20. The Hall–Kier alpha value is -1.52. The second kappa shape index (κ2) is 7.92. The summed E-state index contributed by atoms with van der Waals surface area (Å²) >= 11 is 11.9. The standard InChI is InChI=1S/C14H15Cl2NO3/c1-3-8-17(9-12(18)20-4-2)14(19)10-6-5-7-11(15)13(10)16/h3,5-7H,1,4,8-9H2,2H3. The summed E-state index contributed by atoms with van der Waals surface area (Å²) < 4.78 is 4.83. The van der Waals surface area contributed by atoms with Gasteiger partial charge < -0.3 is 9.64 Å². The lowest BCUT2D eigenvalue weighted by atomic mass is 10.2. The molecule has 0 saturated heterocycles. The van der Waals surface area contributed by atoms with Crippen LogP contribution in [0.1, 0.15) is 17.3 Å². The molecule has 0 spiro atoms. The molecular weight excluding hydrogens is 301 g/mol. The molecule has 0 aliphatic heterocycles. The van der Waals surface area contributed by atoms with Crippen molar-refractivity contribution in [3.63, 3.8) is 0 Å². The van der Waals surface area contributed by atoms with Crippen molar-refractivity contribution in [3.05, 3.63) is 46.5 Å². The summed E-state index contributed by atoms with van der Waals surface area (Å²) in [6.07, 6.45) is 1.52. The Balaban J connectivity index is 2.96. The maximum absolute atomic E-state index is 12.4. The van der Waals surface area contributed by atoms with Gasteiger partial charge in [0, 0.05) is 6.54 Å². The number of hydrogen-bond acceptors (Lipinski definition) is 3. The van der Waals surface area contributed by atoms with Gasteiger partial charge in [0.25, 0.3) is 5.91 Å². The Labute approximate surface area is 127 Å². The monoisotopic (exact) mass is 315 g/mol. The number of halogens is 2. The number of carbonyl (C=O) groups excluding carboxylic acids is 2. The van der Waals surface area contributed by atoms with Gasteiger partial charge in [-0.2, -0.15) is 0 Å². The molecule has 0 N–H and O–H groups in total. The molecule has 1 aromatic carbocycles. The maximum Gasteiger partial charge on any atom is 0.325 e. The van der Waals surface area contributed by atoms with Gasteiger partial charge in [0.15, 0.2) is 0 Å². The highest BCUT2D eigenvalue weighted by Crippen LogP contribution is 2.26. The van der Waals surface area contributed by atoms with E-state index in [1.54, 1.807) is 25.1 Å². The van der Waals surface area contributed by atoms with Crippen LogP contribution in [0.15, 0.2) is 30.9 Å². The smallest absolute Gasteiger partial charge is 0.325 e. The molecule has 0 aliphatic carbocycles. The Bertz CT molecular complexity index is 517. The zero-order valence-corrected chi connectivity index (χ0v) is 12.6. The van der Waals surface area contributed by atoms with Gasteiger partial charge >= 0.3 is 5.97 Å². The number of hydrogen-bond donors (Lipinski definition) is 0. The molecule has 0 fully saturated rings. The van der Waals surface area contributed by atoms with E-state index in [4.69, 9.17) is 27.9 Å². The number of carbonyl (C=O) groups is 2. The van der Waals surface area contributed by atoms with Crippen LogP contribution in [0.4, 0.5) is 0 Å². The predicted octanol–water partition coefficient (Wildman–Crippen LogP) is 3.18. The lowest BCUT2D eigenvalue weighted by molar-refractivity contribution is -0.143. The van der Waals surface area contributed by atoms with Crippen LogP contribution in [0.25, 0.3) is 0 Å². The van der Waals surface area contributed by atoms with Crippen molar-refractivity contribution in [3.8, 4) is 0 Å². The Morgan fingerprint density at radius 2 is 2.10 bits per heavy atom. The molecule has 0 aromatic heterocycles. The fourth-order valence-electron chi connectivity index (χ4n) is 1.58. The second-order valence-electron chi connectivity index (χ2n) is 3.88. The highest BCUT2D eigenvalue weighted by Gasteiger charge is 2.21. The quantitative estimate of drug-likeness (QED) is 0.598. The molecule has 108 valence electrons. The third-order valence-corrected chi connectivity index (χ3v) is 3.26. The molecule has 0 unspecified atom stereocenters. The first-order valence-corrected chi connectivity index (χ1v) is 6.76. The normalized spacial score (nSPS) is 9.95. The van der Waals surface area contributed by atoms with Gasteiger partial charge in [0.05, 0.1) is 22.2 Å². The van der Waals surface area contributed by atoms with Gasteiger partial charge in [-0.25, -0.2) is 0 Å². The van der Waals surface area contributed by atoms with E-state index in [9.17, 15) is 9.59 Å². The Morgan fingerprint density at radius 1 is 1.40 bits per heavy atom. The van der Waals surface area contributed by atoms with E-state index >= 15 is 0 Å². The van der Waals surface area contributed by atoms with Crippen LogP contribution in [0.5, 0.6) is 0 Å². The topological polar surface area (TPSA) is 46.6 Å². The van der Waals surface area contributed by atoms with Crippen LogP contribution >= 0.6 is 23.2 Å². The van der Waals surface area contributed by atoms with Gasteiger partial charge in [-0.15, -0.1) is 6.58 Å². The number of benzene rings is 1. The summed E-state index contributed by atoms with van der Waals surface area (Å²) in [5, 5.41) is 0.448. The van der Waals surface area contributed by atoms with Crippen molar-refractivity contribution in [2.45, 2.75) is 6.92 Å². The van der Waals surface area contributed by atoms with E-state index in [-0.39, 0.29) is 35.3 Å². The molecule has 0 atom stereocenters. The van der Waals surface area contributed by atoms with Crippen LogP contribution in [0, 0.1) is 0 Å². The minimum atomic E-state index is -0.485. The fourth-order valence-corrected chi connectivity index (χ4v) is 1.96. The van der Waals surface area contributed by atoms with Crippen molar-refractivity contribution in [2.75, 3.05) is 19.7 Å². The van der Waals surface area contributed by atoms with Gasteiger partial charge in [-0.05, 0) is 19.1 Å². The summed E-state index contributed by atoms with van der Waals surface area (Å²) in [7, 11) is 0. The third-order valence-electron chi connectivity index (χ3n) is 2.44. The summed E-state index contributed by atoms with van der Waals surface area (Å²) in [6.45, 7) is 5.57. The maximum atomic E-state index is 12.4. The van der Waals surface area contributed by atoms with Crippen LogP contribution in [-0.2, 0) is 9.53 Å². The first-order chi connectivity index (χ1) is 9.51. The van der Waals surface area contributed by atoms with E-state index in [1.165, 1.54) is 11.0 Å². The third kappa shape index (κ3) is 4.25. The minimum absolute atomic E-state index is 0.164. The highest BCUT2D eigenvalue weighted by molar-refractivity contribution is 6.43. The molecule has 0 radical (unpaired) electrons. The Kier molecular flexibility index (Phi) is 6.55. The second-order valence-corrected chi connectivity index (χ2v) is 4.67. The van der Waals surface area contributed by atoms with Crippen molar-refractivity contribution in [2.24, 2.45) is 0 Å². The zero-order chi connectivity index (χ0) is 15.1. The summed E-state index contributed by atoms with van der Waals surface area (Å²) in [5.41, 5.74) is 0.241. The molecule has 1 rings (SSSR count). The number of nitrogens with zero attached hydrogens (tertiary/aromatic N) is 1. The van der Waals surface area contributed by atoms with Crippen LogP contribution < -0.4 is 0 Å². The molecule has 6 heteroatoms. The number of esters is 1. The largest absolute Gasteiger partial charge is 0.465 e. The lowest BCUT2D eigenvalue weighted by Crippen LogP contribution is -2.36. The molecule has 0 heterocycles. The first kappa shape index (κ1) is 16.5. The van der Waals surface area contributed by atoms with E-state index in [0.717, 1.165) is 0 Å². The molecule has 0 saturated carbocycles. The zero-order valence-electron chi connectivity index (χ0n) is 11.1. The van der Waals surface area contributed by atoms with Crippen molar-refractivity contribution in [1.82, 2.24) is 4.90 Å². The van der Waals surface area contributed by atoms with Crippen molar-refractivity contribution in [1.29, 1.82) is 0 Å². The highest BCUT2D eigenvalue weighted by atomic mass is 35.5. The molecule has 1 aromatic rings. The molecule has 0 bridgehead atoms. The minimum Gasteiger partial charge on any atom is -0.465 e. The molecular formula is C14H15Cl2NO3. The van der Waals surface area contributed by atoms with Crippen molar-refractivity contribution < 1.29 is 14.3 Å². The van der Waals surface area contributed by atoms with Crippen molar-refractivity contribution >= 4 is 35.1 Å². The van der Waals surface area contributed by atoms with Gasteiger partial charge in [0.2, 0.25) is 0 Å². The van der Waals surface area contributed by atoms with Gasteiger partial charge in [-0.3, -0.25) is 9.59 Å². The van der Waals surface area contributed by atoms with Gasteiger partial charge in [-0.1, -0.05) is 35.3 Å².